The molecule has 0 fully saturated rings. The summed E-state index contributed by atoms with van der Waals surface area (Å²) in [5.74, 6) is 0. The fourth-order valence-corrected chi connectivity index (χ4v) is 3.55. The van der Waals surface area contributed by atoms with Crippen molar-refractivity contribution < 1.29 is 0 Å². The van der Waals surface area contributed by atoms with Crippen LogP contribution in [0, 0.1) is 6.92 Å². The molecule has 1 aromatic carbocycles. The van der Waals surface area contributed by atoms with Crippen LogP contribution >= 0.6 is 22.7 Å². The summed E-state index contributed by atoms with van der Waals surface area (Å²) in [7, 11) is 0. The second-order valence-corrected chi connectivity index (χ2v) is 6.06. The van der Waals surface area contributed by atoms with Crippen molar-refractivity contribution >= 4 is 32.9 Å². The number of nitrogens with two attached hydrogens (primary N) is 1. The van der Waals surface area contributed by atoms with Gasteiger partial charge in [-0.15, -0.1) is 22.7 Å². The van der Waals surface area contributed by atoms with Gasteiger partial charge in [-0.1, -0.05) is 12.1 Å². The highest BCUT2D eigenvalue weighted by atomic mass is 32.1. The SMILES string of the molecule is Cc1ccc2sc(C(N)c3cccs3)nc2c1. The Morgan fingerprint density at radius 2 is 2.18 bits per heavy atom. The highest BCUT2D eigenvalue weighted by Crippen LogP contribution is 2.30. The fourth-order valence-electron chi connectivity index (χ4n) is 1.78. The molecule has 2 aromatic heterocycles. The topological polar surface area (TPSA) is 38.9 Å². The molecule has 1 unspecified atom stereocenters. The Labute approximate surface area is 108 Å². The van der Waals surface area contributed by atoms with Crippen molar-refractivity contribution in [1.29, 1.82) is 0 Å². The van der Waals surface area contributed by atoms with Gasteiger partial charge in [0.25, 0.3) is 0 Å². The van der Waals surface area contributed by atoms with Gasteiger partial charge in [-0.25, -0.2) is 4.98 Å². The third-order valence-electron chi connectivity index (χ3n) is 2.68. The molecule has 0 aliphatic carbocycles. The van der Waals surface area contributed by atoms with E-state index < -0.39 is 0 Å². The number of nitrogens with zero attached hydrogens (tertiary/aromatic N) is 1. The minimum atomic E-state index is -0.0901. The molecule has 0 saturated carbocycles. The third-order valence-corrected chi connectivity index (χ3v) is 4.75. The minimum absolute atomic E-state index is 0.0901. The van der Waals surface area contributed by atoms with Crippen LogP contribution in [0.1, 0.15) is 21.5 Å². The van der Waals surface area contributed by atoms with Gasteiger partial charge in [0.15, 0.2) is 0 Å². The molecule has 3 aromatic rings. The van der Waals surface area contributed by atoms with E-state index in [-0.39, 0.29) is 6.04 Å². The van der Waals surface area contributed by atoms with Crippen LogP contribution in [-0.2, 0) is 0 Å². The number of benzene rings is 1. The number of hydrogen-bond acceptors (Lipinski definition) is 4. The van der Waals surface area contributed by atoms with Crippen LogP contribution in [0.3, 0.4) is 0 Å². The number of aryl methyl sites for hydroxylation is 1. The first-order chi connectivity index (χ1) is 8.24. The molecule has 2 nitrogen and oxygen atoms in total. The normalized spacial score (nSPS) is 13.1. The average molecular weight is 260 g/mol. The van der Waals surface area contributed by atoms with Crippen molar-refractivity contribution in [3.8, 4) is 0 Å². The summed E-state index contributed by atoms with van der Waals surface area (Å²) in [5, 5.41) is 3.04. The standard InChI is InChI=1S/C13H12N2S2/c1-8-4-5-10-9(7-8)15-13(17-10)12(14)11-3-2-6-16-11/h2-7,12H,14H2,1H3. The Kier molecular flexibility index (Phi) is 2.70. The van der Waals surface area contributed by atoms with E-state index in [1.807, 2.05) is 11.4 Å². The Morgan fingerprint density at radius 1 is 1.29 bits per heavy atom. The summed E-state index contributed by atoms with van der Waals surface area (Å²) >= 11 is 3.36. The highest BCUT2D eigenvalue weighted by Gasteiger charge is 2.14. The van der Waals surface area contributed by atoms with Gasteiger partial charge >= 0.3 is 0 Å². The first-order valence-corrected chi connectivity index (χ1v) is 7.10. The summed E-state index contributed by atoms with van der Waals surface area (Å²) in [6.07, 6.45) is 0. The van der Waals surface area contributed by atoms with Crippen LogP contribution in [0.2, 0.25) is 0 Å². The third kappa shape index (κ3) is 1.99. The fraction of sp³-hybridized carbons (Fsp3) is 0.154. The van der Waals surface area contributed by atoms with E-state index in [1.165, 1.54) is 15.1 Å². The van der Waals surface area contributed by atoms with Crippen molar-refractivity contribution in [2.24, 2.45) is 5.73 Å². The van der Waals surface area contributed by atoms with E-state index in [9.17, 15) is 0 Å². The van der Waals surface area contributed by atoms with E-state index in [2.05, 4.69) is 36.2 Å². The van der Waals surface area contributed by atoms with Gasteiger partial charge in [0.2, 0.25) is 0 Å². The molecule has 2 N–H and O–H groups in total. The zero-order valence-corrected chi connectivity index (χ0v) is 11.0. The largest absolute Gasteiger partial charge is 0.318 e. The van der Waals surface area contributed by atoms with Gasteiger partial charge < -0.3 is 5.73 Å². The lowest BCUT2D eigenvalue weighted by molar-refractivity contribution is 0.882. The lowest BCUT2D eigenvalue weighted by Crippen LogP contribution is -2.09. The van der Waals surface area contributed by atoms with Crippen molar-refractivity contribution in [2.45, 2.75) is 13.0 Å². The van der Waals surface area contributed by atoms with Crippen LogP contribution in [0.4, 0.5) is 0 Å². The van der Waals surface area contributed by atoms with Crippen LogP contribution < -0.4 is 5.73 Å². The van der Waals surface area contributed by atoms with Crippen molar-refractivity contribution in [1.82, 2.24) is 4.98 Å². The lowest BCUT2D eigenvalue weighted by Gasteiger charge is -2.03. The van der Waals surface area contributed by atoms with Crippen molar-refractivity contribution in [3.05, 3.63) is 51.2 Å². The van der Waals surface area contributed by atoms with Gasteiger partial charge in [-0.3, -0.25) is 0 Å². The number of hydrogen-bond donors (Lipinski definition) is 1. The van der Waals surface area contributed by atoms with Crippen molar-refractivity contribution in [3.63, 3.8) is 0 Å². The maximum absolute atomic E-state index is 6.22. The van der Waals surface area contributed by atoms with Crippen molar-refractivity contribution in [2.75, 3.05) is 0 Å². The molecule has 0 aliphatic rings. The summed E-state index contributed by atoms with van der Waals surface area (Å²) < 4.78 is 1.21. The molecule has 0 amide bonds. The Balaban J connectivity index is 2.06. The average Bonchev–Trinajstić information content (AvgIpc) is 2.96. The highest BCUT2D eigenvalue weighted by molar-refractivity contribution is 7.18. The summed E-state index contributed by atoms with van der Waals surface area (Å²) in [4.78, 5) is 5.80. The van der Waals surface area contributed by atoms with Crippen LogP contribution in [0.15, 0.2) is 35.7 Å². The molecule has 0 bridgehead atoms. The van der Waals surface area contributed by atoms with Gasteiger partial charge in [-0.05, 0) is 36.1 Å². The molecule has 17 heavy (non-hydrogen) atoms. The summed E-state index contributed by atoms with van der Waals surface area (Å²) in [5.41, 5.74) is 8.51. The van der Waals surface area contributed by atoms with E-state index in [4.69, 9.17) is 5.73 Å². The molecule has 86 valence electrons. The Morgan fingerprint density at radius 3 is 2.94 bits per heavy atom. The zero-order valence-electron chi connectivity index (χ0n) is 9.38. The molecule has 4 heteroatoms. The Hall–Kier alpha value is -1.23. The van der Waals surface area contributed by atoms with Gasteiger partial charge in [-0.2, -0.15) is 0 Å². The van der Waals surface area contributed by atoms with Gasteiger partial charge in [0.1, 0.15) is 5.01 Å². The molecule has 0 spiro atoms. The number of thiazole rings is 1. The lowest BCUT2D eigenvalue weighted by atomic mass is 10.2. The smallest absolute Gasteiger partial charge is 0.116 e. The quantitative estimate of drug-likeness (QED) is 0.762. The number of rotatable bonds is 2. The number of fused-ring (bicyclic) bond motifs is 1. The van der Waals surface area contributed by atoms with E-state index in [0.29, 0.717) is 0 Å². The van der Waals surface area contributed by atoms with Crippen LogP contribution in [0.5, 0.6) is 0 Å². The number of thiophene rings is 1. The van der Waals surface area contributed by atoms with Crippen LogP contribution in [0.25, 0.3) is 10.2 Å². The zero-order chi connectivity index (χ0) is 11.8. The van der Waals surface area contributed by atoms with Gasteiger partial charge in [0.05, 0.1) is 16.3 Å². The second kappa shape index (κ2) is 4.22. The maximum Gasteiger partial charge on any atom is 0.116 e. The molecule has 0 aliphatic heterocycles. The predicted octanol–water partition coefficient (Wildman–Crippen LogP) is 3.71. The molecular formula is C13H12N2S2. The molecule has 0 saturated heterocycles. The van der Waals surface area contributed by atoms with E-state index >= 15 is 0 Å². The Bertz CT molecular complexity index is 641. The maximum atomic E-state index is 6.22. The molecule has 2 heterocycles. The van der Waals surface area contributed by atoms with E-state index in [1.54, 1.807) is 22.7 Å². The molecular weight excluding hydrogens is 248 g/mol. The monoisotopic (exact) mass is 260 g/mol. The first-order valence-electron chi connectivity index (χ1n) is 5.40. The van der Waals surface area contributed by atoms with Gasteiger partial charge in [0, 0.05) is 4.88 Å². The molecule has 1 atom stereocenters. The van der Waals surface area contributed by atoms with Crippen LogP contribution in [-0.4, -0.2) is 4.98 Å². The molecule has 0 radical (unpaired) electrons. The first kappa shape index (κ1) is 10.9. The van der Waals surface area contributed by atoms with E-state index in [0.717, 1.165) is 10.5 Å². The summed E-state index contributed by atoms with van der Waals surface area (Å²) in [6.45, 7) is 2.08. The minimum Gasteiger partial charge on any atom is -0.318 e. The number of aromatic nitrogens is 1. The second-order valence-electron chi connectivity index (χ2n) is 4.02. The predicted molar refractivity (Wildman–Crippen MR) is 74.7 cm³/mol. The molecule has 3 rings (SSSR count). The summed E-state index contributed by atoms with van der Waals surface area (Å²) in [6, 6.07) is 10.3.